The van der Waals surface area contributed by atoms with Gasteiger partial charge in [0.2, 0.25) is 0 Å². The van der Waals surface area contributed by atoms with Crippen LogP contribution in [0.5, 0.6) is 0 Å². The van der Waals surface area contributed by atoms with E-state index in [1.165, 1.54) is 12.1 Å². The maximum Gasteiger partial charge on any atom is 0.255 e. The number of rotatable bonds is 6. The number of amides is 1. The van der Waals surface area contributed by atoms with E-state index in [1.807, 2.05) is 31.2 Å². The lowest BCUT2D eigenvalue weighted by atomic mass is 10.1. The fourth-order valence-electron chi connectivity index (χ4n) is 3.07. The molecule has 1 heterocycles. The molecular weight excluding hydrogens is 345 g/mol. The van der Waals surface area contributed by atoms with Crippen LogP contribution in [0.2, 0.25) is 0 Å². The van der Waals surface area contributed by atoms with Crippen molar-refractivity contribution in [1.82, 2.24) is 15.1 Å². The molecule has 0 unspecified atom stereocenters. The SMILES string of the molecule is COCc1cccc(CNC(=O)c2c(C)nn(-c3ccc(F)cc3)c2C)c1. The van der Waals surface area contributed by atoms with E-state index < -0.39 is 0 Å². The highest BCUT2D eigenvalue weighted by Crippen LogP contribution is 2.18. The van der Waals surface area contributed by atoms with E-state index in [4.69, 9.17) is 4.74 Å². The number of ether oxygens (including phenoxy) is 1. The first-order valence-corrected chi connectivity index (χ1v) is 8.66. The van der Waals surface area contributed by atoms with Crippen molar-refractivity contribution in [3.8, 4) is 5.69 Å². The summed E-state index contributed by atoms with van der Waals surface area (Å²) in [5.41, 5.74) is 4.64. The number of aromatic nitrogens is 2. The molecule has 0 atom stereocenters. The summed E-state index contributed by atoms with van der Waals surface area (Å²) in [4.78, 5) is 12.7. The molecule has 0 radical (unpaired) electrons. The van der Waals surface area contributed by atoms with Gasteiger partial charge in [-0.05, 0) is 49.2 Å². The number of halogens is 1. The molecule has 27 heavy (non-hydrogen) atoms. The largest absolute Gasteiger partial charge is 0.380 e. The molecule has 0 fully saturated rings. The van der Waals surface area contributed by atoms with Crippen molar-refractivity contribution in [2.75, 3.05) is 7.11 Å². The minimum Gasteiger partial charge on any atom is -0.380 e. The minimum atomic E-state index is -0.311. The molecule has 0 saturated carbocycles. The quantitative estimate of drug-likeness (QED) is 0.723. The zero-order chi connectivity index (χ0) is 19.4. The number of nitrogens with one attached hydrogen (secondary N) is 1. The third-order valence-corrected chi connectivity index (χ3v) is 4.35. The summed E-state index contributed by atoms with van der Waals surface area (Å²) in [6.45, 7) is 4.57. The Morgan fingerprint density at radius 1 is 1.15 bits per heavy atom. The van der Waals surface area contributed by atoms with Gasteiger partial charge < -0.3 is 10.1 Å². The van der Waals surface area contributed by atoms with Crippen LogP contribution in [0, 0.1) is 19.7 Å². The number of hydrogen-bond donors (Lipinski definition) is 1. The smallest absolute Gasteiger partial charge is 0.255 e. The summed E-state index contributed by atoms with van der Waals surface area (Å²) < 4.78 is 19.9. The van der Waals surface area contributed by atoms with Crippen LogP contribution < -0.4 is 5.32 Å². The van der Waals surface area contributed by atoms with Crippen molar-refractivity contribution in [2.24, 2.45) is 0 Å². The molecule has 0 aliphatic heterocycles. The number of carbonyl (C=O) groups excluding carboxylic acids is 1. The molecule has 1 amide bonds. The van der Waals surface area contributed by atoms with Crippen LogP contribution in [0.4, 0.5) is 4.39 Å². The molecule has 1 aromatic heterocycles. The first-order chi connectivity index (χ1) is 13.0. The Kier molecular flexibility index (Phi) is 5.66. The number of hydrogen-bond acceptors (Lipinski definition) is 3. The molecule has 0 saturated heterocycles. The first-order valence-electron chi connectivity index (χ1n) is 8.66. The molecule has 1 N–H and O–H groups in total. The number of benzene rings is 2. The van der Waals surface area contributed by atoms with Gasteiger partial charge in [0.05, 0.1) is 29.2 Å². The molecule has 0 aliphatic rings. The second kappa shape index (κ2) is 8.14. The summed E-state index contributed by atoms with van der Waals surface area (Å²) in [5, 5.41) is 7.39. The highest BCUT2D eigenvalue weighted by Gasteiger charge is 2.19. The van der Waals surface area contributed by atoms with Crippen molar-refractivity contribution in [2.45, 2.75) is 27.0 Å². The third-order valence-electron chi connectivity index (χ3n) is 4.35. The fourth-order valence-corrected chi connectivity index (χ4v) is 3.07. The predicted molar refractivity (Wildman–Crippen MR) is 101 cm³/mol. The first kappa shape index (κ1) is 18.8. The minimum absolute atomic E-state index is 0.185. The second-order valence-electron chi connectivity index (χ2n) is 6.37. The van der Waals surface area contributed by atoms with E-state index in [2.05, 4.69) is 10.4 Å². The van der Waals surface area contributed by atoms with Crippen LogP contribution in [0.3, 0.4) is 0 Å². The van der Waals surface area contributed by atoms with Crippen LogP contribution in [0.15, 0.2) is 48.5 Å². The van der Waals surface area contributed by atoms with Crippen LogP contribution in [-0.4, -0.2) is 22.8 Å². The van der Waals surface area contributed by atoms with Gasteiger partial charge in [0.25, 0.3) is 5.91 Å². The van der Waals surface area contributed by atoms with Crippen molar-refractivity contribution in [3.63, 3.8) is 0 Å². The average Bonchev–Trinajstić information content (AvgIpc) is 2.95. The Morgan fingerprint density at radius 3 is 2.56 bits per heavy atom. The zero-order valence-corrected chi connectivity index (χ0v) is 15.6. The van der Waals surface area contributed by atoms with Crippen molar-refractivity contribution < 1.29 is 13.9 Å². The number of aryl methyl sites for hydroxylation is 1. The Bertz CT molecular complexity index is 949. The maximum atomic E-state index is 13.2. The van der Waals surface area contributed by atoms with Gasteiger partial charge in [-0.3, -0.25) is 4.79 Å². The Hall–Kier alpha value is -2.99. The summed E-state index contributed by atoms with van der Waals surface area (Å²) in [6, 6.07) is 13.9. The lowest BCUT2D eigenvalue weighted by Gasteiger charge is -2.08. The van der Waals surface area contributed by atoms with E-state index in [-0.39, 0.29) is 11.7 Å². The van der Waals surface area contributed by atoms with E-state index in [1.54, 1.807) is 30.8 Å². The highest BCUT2D eigenvalue weighted by atomic mass is 19.1. The predicted octanol–water partition coefficient (Wildman–Crippen LogP) is 3.70. The second-order valence-corrected chi connectivity index (χ2v) is 6.37. The maximum absolute atomic E-state index is 13.2. The molecule has 140 valence electrons. The normalized spacial score (nSPS) is 10.8. The topological polar surface area (TPSA) is 56.1 Å². The van der Waals surface area contributed by atoms with Gasteiger partial charge in [0.1, 0.15) is 5.82 Å². The van der Waals surface area contributed by atoms with Crippen molar-refractivity contribution >= 4 is 5.91 Å². The molecule has 2 aromatic carbocycles. The van der Waals surface area contributed by atoms with Gasteiger partial charge in [-0.25, -0.2) is 9.07 Å². The Labute approximate surface area is 157 Å². The van der Waals surface area contributed by atoms with Crippen LogP contribution in [-0.2, 0) is 17.9 Å². The molecule has 0 spiro atoms. The number of methoxy groups -OCH3 is 1. The molecule has 6 heteroatoms. The van der Waals surface area contributed by atoms with E-state index in [9.17, 15) is 9.18 Å². The summed E-state index contributed by atoms with van der Waals surface area (Å²) in [5.74, 6) is -0.496. The van der Waals surface area contributed by atoms with Gasteiger partial charge >= 0.3 is 0 Å². The van der Waals surface area contributed by atoms with E-state index >= 15 is 0 Å². The molecule has 3 aromatic rings. The fraction of sp³-hybridized carbons (Fsp3) is 0.238. The average molecular weight is 367 g/mol. The summed E-state index contributed by atoms with van der Waals surface area (Å²) in [6.07, 6.45) is 0. The third kappa shape index (κ3) is 4.23. The van der Waals surface area contributed by atoms with E-state index in [0.717, 1.165) is 11.1 Å². The summed E-state index contributed by atoms with van der Waals surface area (Å²) >= 11 is 0. The number of nitrogens with zero attached hydrogens (tertiary/aromatic N) is 2. The molecule has 5 nitrogen and oxygen atoms in total. The lowest BCUT2D eigenvalue weighted by Crippen LogP contribution is -2.24. The van der Waals surface area contributed by atoms with E-state index in [0.29, 0.717) is 35.8 Å². The van der Waals surface area contributed by atoms with Gasteiger partial charge in [0, 0.05) is 13.7 Å². The standard InChI is InChI=1S/C21H22FN3O2/c1-14-20(15(2)25(24-14)19-9-7-18(22)8-10-19)21(26)23-12-16-5-4-6-17(11-16)13-27-3/h4-11H,12-13H2,1-3H3,(H,23,26). The highest BCUT2D eigenvalue weighted by molar-refractivity contribution is 5.96. The van der Waals surface area contributed by atoms with Crippen molar-refractivity contribution in [3.05, 3.63) is 82.4 Å². The van der Waals surface area contributed by atoms with Crippen LogP contribution in [0.1, 0.15) is 32.9 Å². The van der Waals surface area contributed by atoms with Gasteiger partial charge in [-0.15, -0.1) is 0 Å². The van der Waals surface area contributed by atoms with Gasteiger partial charge in [-0.1, -0.05) is 24.3 Å². The van der Waals surface area contributed by atoms with Crippen molar-refractivity contribution in [1.29, 1.82) is 0 Å². The number of carbonyl (C=O) groups is 1. The summed E-state index contributed by atoms with van der Waals surface area (Å²) in [7, 11) is 1.65. The lowest BCUT2D eigenvalue weighted by molar-refractivity contribution is 0.0949. The van der Waals surface area contributed by atoms with Gasteiger partial charge in [-0.2, -0.15) is 5.10 Å². The van der Waals surface area contributed by atoms with Crippen LogP contribution in [0.25, 0.3) is 5.69 Å². The Morgan fingerprint density at radius 2 is 1.85 bits per heavy atom. The Balaban J connectivity index is 1.77. The van der Waals surface area contributed by atoms with Gasteiger partial charge in [0.15, 0.2) is 0 Å². The molecule has 0 aliphatic carbocycles. The monoisotopic (exact) mass is 367 g/mol. The molecular formula is C21H22FN3O2. The molecule has 0 bridgehead atoms. The zero-order valence-electron chi connectivity index (χ0n) is 15.6. The van der Waals surface area contributed by atoms with Crippen LogP contribution >= 0.6 is 0 Å². The molecule has 3 rings (SSSR count).